The first-order valence-corrected chi connectivity index (χ1v) is 8.28. The van der Waals surface area contributed by atoms with Crippen LogP contribution in [0.2, 0.25) is 0 Å². The monoisotopic (exact) mass is 317 g/mol. The standard InChI is InChI=1S/C18H27N3O2/c1-3-14(2)17(22)13-20-18(23)19-12-15-6-8-16(9-7-15)21-10-4-5-11-21/h4-9,14,17,22H,3,10-13H2,1-2H3,(H2,19,20,23). The predicted octanol–water partition coefficient (Wildman–Crippen LogP) is 2.27. The SMILES string of the molecule is CCC(C)C(O)CNC(=O)NCc1ccc(N2CC=CC2)cc1. The van der Waals surface area contributed by atoms with Gasteiger partial charge in [-0.25, -0.2) is 4.79 Å². The number of nitrogens with zero attached hydrogens (tertiary/aromatic N) is 1. The molecule has 0 saturated carbocycles. The molecule has 1 aliphatic heterocycles. The van der Waals surface area contributed by atoms with Gasteiger partial charge in [0, 0.05) is 31.9 Å². The summed E-state index contributed by atoms with van der Waals surface area (Å²) in [4.78, 5) is 14.0. The number of urea groups is 1. The molecule has 2 unspecified atom stereocenters. The van der Waals surface area contributed by atoms with Crippen LogP contribution in [0.1, 0.15) is 25.8 Å². The van der Waals surface area contributed by atoms with Crippen LogP contribution in [-0.2, 0) is 6.54 Å². The highest BCUT2D eigenvalue weighted by Gasteiger charge is 2.13. The number of nitrogens with one attached hydrogen (secondary N) is 2. The van der Waals surface area contributed by atoms with Crippen molar-refractivity contribution in [1.82, 2.24) is 10.6 Å². The van der Waals surface area contributed by atoms with Gasteiger partial charge in [-0.3, -0.25) is 0 Å². The van der Waals surface area contributed by atoms with E-state index in [1.807, 2.05) is 26.0 Å². The lowest BCUT2D eigenvalue weighted by atomic mass is 10.0. The minimum absolute atomic E-state index is 0.183. The zero-order valence-corrected chi connectivity index (χ0v) is 14.0. The van der Waals surface area contributed by atoms with Crippen LogP contribution in [0.25, 0.3) is 0 Å². The summed E-state index contributed by atoms with van der Waals surface area (Å²) in [6.45, 7) is 6.67. The van der Waals surface area contributed by atoms with E-state index in [2.05, 4.69) is 39.8 Å². The summed E-state index contributed by atoms with van der Waals surface area (Å²) in [6.07, 6.45) is 4.71. The summed E-state index contributed by atoms with van der Waals surface area (Å²) < 4.78 is 0. The second-order valence-electron chi connectivity index (χ2n) is 6.06. The van der Waals surface area contributed by atoms with Crippen LogP contribution in [-0.4, -0.2) is 36.9 Å². The number of hydrogen-bond acceptors (Lipinski definition) is 3. The number of rotatable bonds is 7. The van der Waals surface area contributed by atoms with Gasteiger partial charge in [-0.15, -0.1) is 0 Å². The Kier molecular flexibility index (Phi) is 6.47. The lowest BCUT2D eigenvalue weighted by Gasteiger charge is -2.18. The van der Waals surface area contributed by atoms with Gasteiger partial charge in [0.15, 0.2) is 0 Å². The van der Waals surface area contributed by atoms with Crippen LogP contribution in [0.3, 0.4) is 0 Å². The lowest BCUT2D eigenvalue weighted by molar-refractivity contribution is 0.114. The van der Waals surface area contributed by atoms with E-state index in [1.165, 1.54) is 5.69 Å². The van der Waals surface area contributed by atoms with Crippen molar-refractivity contribution in [1.29, 1.82) is 0 Å². The minimum atomic E-state index is -0.501. The van der Waals surface area contributed by atoms with Gasteiger partial charge in [0.25, 0.3) is 0 Å². The second-order valence-corrected chi connectivity index (χ2v) is 6.06. The third-order valence-electron chi connectivity index (χ3n) is 4.35. The van der Waals surface area contributed by atoms with E-state index in [1.54, 1.807) is 0 Å². The number of anilines is 1. The zero-order chi connectivity index (χ0) is 16.7. The molecule has 0 spiro atoms. The molecule has 126 valence electrons. The number of carbonyl (C=O) groups excluding carboxylic acids is 1. The molecule has 2 rings (SSSR count). The van der Waals surface area contributed by atoms with Crippen molar-refractivity contribution >= 4 is 11.7 Å². The molecule has 0 fully saturated rings. The highest BCUT2D eigenvalue weighted by Crippen LogP contribution is 2.17. The summed E-state index contributed by atoms with van der Waals surface area (Å²) >= 11 is 0. The quantitative estimate of drug-likeness (QED) is 0.676. The Morgan fingerprint density at radius 2 is 1.87 bits per heavy atom. The Morgan fingerprint density at radius 1 is 1.22 bits per heavy atom. The third kappa shape index (κ3) is 5.28. The van der Waals surface area contributed by atoms with Gasteiger partial charge in [0.1, 0.15) is 0 Å². The first-order chi connectivity index (χ1) is 11.1. The van der Waals surface area contributed by atoms with Gasteiger partial charge in [0.05, 0.1) is 6.10 Å². The normalized spacial score (nSPS) is 16.2. The number of aliphatic hydroxyl groups excluding tert-OH is 1. The molecule has 0 radical (unpaired) electrons. The first-order valence-electron chi connectivity index (χ1n) is 8.28. The molecule has 5 heteroatoms. The Balaban J connectivity index is 1.71. The molecular formula is C18H27N3O2. The number of carbonyl (C=O) groups is 1. The fraction of sp³-hybridized carbons (Fsp3) is 0.500. The van der Waals surface area contributed by atoms with E-state index in [0.29, 0.717) is 6.54 Å². The van der Waals surface area contributed by atoms with E-state index in [9.17, 15) is 9.90 Å². The summed E-state index contributed by atoms with van der Waals surface area (Å²) in [6, 6.07) is 7.97. The van der Waals surface area contributed by atoms with Gasteiger partial charge < -0.3 is 20.6 Å². The molecule has 3 N–H and O–H groups in total. The molecule has 0 aliphatic carbocycles. The molecule has 23 heavy (non-hydrogen) atoms. The van der Waals surface area contributed by atoms with Crippen molar-refractivity contribution in [3.8, 4) is 0 Å². The fourth-order valence-corrected chi connectivity index (χ4v) is 2.43. The zero-order valence-electron chi connectivity index (χ0n) is 14.0. The van der Waals surface area contributed by atoms with Gasteiger partial charge in [0.2, 0.25) is 0 Å². The van der Waals surface area contributed by atoms with Gasteiger partial charge in [-0.1, -0.05) is 44.6 Å². The summed E-state index contributed by atoms with van der Waals surface area (Å²) in [7, 11) is 0. The largest absolute Gasteiger partial charge is 0.391 e. The Hall–Kier alpha value is -2.01. The maximum atomic E-state index is 11.8. The molecule has 1 aromatic carbocycles. The molecule has 5 nitrogen and oxygen atoms in total. The predicted molar refractivity (Wildman–Crippen MR) is 93.5 cm³/mol. The number of aliphatic hydroxyl groups is 1. The molecule has 2 amide bonds. The second kappa shape index (κ2) is 8.58. The first kappa shape index (κ1) is 17.3. The van der Waals surface area contributed by atoms with Gasteiger partial charge in [-0.05, 0) is 23.6 Å². The van der Waals surface area contributed by atoms with Crippen molar-refractivity contribution in [3.63, 3.8) is 0 Å². The molecule has 0 bridgehead atoms. The van der Waals surface area contributed by atoms with Crippen molar-refractivity contribution < 1.29 is 9.90 Å². The van der Waals surface area contributed by atoms with Crippen LogP contribution >= 0.6 is 0 Å². The molecule has 1 heterocycles. The number of benzene rings is 1. The van der Waals surface area contributed by atoms with Crippen LogP contribution in [0.4, 0.5) is 10.5 Å². The van der Waals surface area contributed by atoms with E-state index in [0.717, 1.165) is 25.1 Å². The summed E-state index contributed by atoms with van der Waals surface area (Å²) in [5.41, 5.74) is 2.25. The summed E-state index contributed by atoms with van der Waals surface area (Å²) in [5, 5.41) is 15.4. The lowest BCUT2D eigenvalue weighted by Crippen LogP contribution is -2.41. The number of amides is 2. The minimum Gasteiger partial charge on any atom is -0.391 e. The summed E-state index contributed by atoms with van der Waals surface area (Å²) in [5.74, 6) is 0.183. The smallest absolute Gasteiger partial charge is 0.315 e. The molecular weight excluding hydrogens is 290 g/mol. The van der Waals surface area contributed by atoms with E-state index >= 15 is 0 Å². The topological polar surface area (TPSA) is 64.6 Å². The van der Waals surface area contributed by atoms with Crippen molar-refractivity contribution in [2.24, 2.45) is 5.92 Å². The average molecular weight is 317 g/mol. The highest BCUT2D eigenvalue weighted by atomic mass is 16.3. The van der Waals surface area contributed by atoms with Gasteiger partial charge in [-0.2, -0.15) is 0 Å². The average Bonchev–Trinajstić information content (AvgIpc) is 3.12. The maximum absolute atomic E-state index is 11.8. The van der Waals surface area contributed by atoms with Crippen LogP contribution in [0.5, 0.6) is 0 Å². The molecule has 0 aromatic heterocycles. The molecule has 1 aliphatic rings. The van der Waals surface area contributed by atoms with E-state index in [-0.39, 0.29) is 18.5 Å². The van der Waals surface area contributed by atoms with E-state index in [4.69, 9.17) is 0 Å². The van der Waals surface area contributed by atoms with Gasteiger partial charge >= 0.3 is 6.03 Å². The van der Waals surface area contributed by atoms with Crippen LogP contribution in [0, 0.1) is 5.92 Å². The van der Waals surface area contributed by atoms with Crippen molar-refractivity contribution in [2.45, 2.75) is 32.9 Å². The third-order valence-corrected chi connectivity index (χ3v) is 4.35. The fourth-order valence-electron chi connectivity index (χ4n) is 2.43. The van der Waals surface area contributed by atoms with Crippen LogP contribution in [0.15, 0.2) is 36.4 Å². The Labute approximate surface area is 138 Å². The maximum Gasteiger partial charge on any atom is 0.315 e. The van der Waals surface area contributed by atoms with E-state index < -0.39 is 6.10 Å². The van der Waals surface area contributed by atoms with Crippen LogP contribution < -0.4 is 15.5 Å². The molecule has 0 saturated heterocycles. The number of hydrogen-bond donors (Lipinski definition) is 3. The van der Waals surface area contributed by atoms with Crippen molar-refractivity contribution in [2.75, 3.05) is 24.5 Å². The molecule has 1 aromatic rings. The highest BCUT2D eigenvalue weighted by molar-refractivity contribution is 5.73. The van der Waals surface area contributed by atoms with Crippen molar-refractivity contribution in [3.05, 3.63) is 42.0 Å². The molecule has 2 atom stereocenters. The Morgan fingerprint density at radius 3 is 2.48 bits per heavy atom. The Bertz CT molecular complexity index is 520.